The molecule has 132 valence electrons. The van der Waals surface area contributed by atoms with Gasteiger partial charge in [0.25, 0.3) is 0 Å². The van der Waals surface area contributed by atoms with Crippen molar-refractivity contribution in [3.8, 4) is 0 Å². The van der Waals surface area contributed by atoms with E-state index in [0.717, 1.165) is 43.3 Å². The summed E-state index contributed by atoms with van der Waals surface area (Å²) in [7, 11) is 0. The van der Waals surface area contributed by atoms with Gasteiger partial charge in [-0.25, -0.2) is 0 Å². The van der Waals surface area contributed by atoms with Gasteiger partial charge in [-0.15, -0.1) is 0 Å². The number of nitrogens with one attached hydrogen (secondary N) is 1. The molecule has 1 heterocycles. The molecule has 2 atom stereocenters. The van der Waals surface area contributed by atoms with Gasteiger partial charge in [0.15, 0.2) is 0 Å². The monoisotopic (exact) mass is 349 g/mol. The number of hydrogen-bond donors (Lipinski definition) is 1. The Labute approximate surface area is 150 Å². The molecule has 0 bridgehead atoms. The second kappa shape index (κ2) is 8.21. The summed E-state index contributed by atoms with van der Waals surface area (Å²) in [5.74, 6) is 0.791. The van der Waals surface area contributed by atoms with Crippen molar-refractivity contribution < 1.29 is 4.79 Å². The van der Waals surface area contributed by atoms with Crippen molar-refractivity contribution >= 4 is 23.2 Å². The van der Waals surface area contributed by atoms with Crippen LogP contribution in [0.5, 0.6) is 0 Å². The Balaban J connectivity index is 1.45. The molecule has 1 aromatic carbocycles. The molecule has 0 unspecified atom stereocenters. The SMILES string of the molecule is C[C@H]1CCCC[C@@H]1NC(=O)CN1CCN(c2ccccc2Cl)CC1. The predicted molar refractivity (Wildman–Crippen MR) is 99.7 cm³/mol. The topological polar surface area (TPSA) is 35.6 Å². The lowest BCUT2D eigenvalue weighted by molar-refractivity contribution is -0.123. The minimum absolute atomic E-state index is 0.181. The molecule has 1 aliphatic carbocycles. The Morgan fingerprint density at radius 3 is 2.58 bits per heavy atom. The first-order valence-corrected chi connectivity index (χ1v) is 9.52. The fraction of sp³-hybridized carbons (Fsp3) is 0.632. The predicted octanol–water partition coefficient (Wildman–Crippen LogP) is 3.16. The Hall–Kier alpha value is -1.26. The van der Waals surface area contributed by atoms with Crippen LogP contribution in [0.4, 0.5) is 5.69 Å². The summed E-state index contributed by atoms with van der Waals surface area (Å²) in [4.78, 5) is 16.9. The lowest BCUT2D eigenvalue weighted by Crippen LogP contribution is -2.51. The van der Waals surface area contributed by atoms with Crippen LogP contribution in [-0.2, 0) is 4.79 Å². The number of amides is 1. The van der Waals surface area contributed by atoms with Crippen LogP contribution < -0.4 is 10.2 Å². The number of nitrogens with zero attached hydrogens (tertiary/aromatic N) is 2. The molecule has 3 rings (SSSR count). The zero-order valence-corrected chi connectivity index (χ0v) is 15.3. The van der Waals surface area contributed by atoms with Crippen molar-refractivity contribution in [3.05, 3.63) is 29.3 Å². The van der Waals surface area contributed by atoms with Crippen LogP contribution in [0.3, 0.4) is 0 Å². The molecule has 2 fully saturated rings. The molecule has 1 aromatic rings. The van der Waals surface area contributed by atoms with E-state index in [9.17, 15) is 4.79 Å². The average Bonchev–Trinajstić information content (AvgIpc) is 2.58. The van der Waals surface area contributed by atoms with Gasteiger partial charge in [0.1, 0.15) is 0 Å². The summed E-state index contributed by atoms with van der Waals surface area (Å²) in [6, 6.07) is 8.35. The molecule has 0 spiro atoms. The second-order valence-electron chi connectivity index (χ2n) is 7.15. The van der Waals surface area contributed by atoms with Crippen molar-refractivity contribution in [2.75, 3.05) is 37.6 Å². The minimum atomic E-state index is 0.181. The van der Waals surface area contributed by atoms with Gasteiger partial charge in [-0.3, -0.25) is 9.69 Å². The van der Waals surface area contributed by atoms with Crippen LogP contribution in [0.25, 0.3) is 0 Å². The Morgan fingerprint density at radius 1 is 1.17 bits per heavy atom. The summed E-state index contributed by atoms with van der Waals surface area (Å²) >= 11 is 6.28. The van der Waals surface area contributed by atoms with Crippen molar-refractivity contribution in [3.63, 3.8) is 0 Å². The van der Waals surface area contributed by atoms with Crippen LogP contribution >= 0.6 is 11.6 Å². The fourth-order valence-electron chi connectivity index (χ4n) is 3.84. The van der Waals surface area contributed by atoms with Gasteiger partial charge in [-0.2, -0.15) is 0 Å². The number of benzene rings is 1. The highest BCUT2D eigenvalue weighted by Crippen LogP contribution is 2.26. The van der Waals surface area contributed by atoms with E-state index in [-0.39, 0.29) is 5.91 Å². The molecule has 0 radical (unpaired) electrons. The van der Waals surface area contributed by atoms with Crippen molar-refractivity contribution in [1.29, 1.82) is 0 Å². The van der Waals surface area contributed by atoms with E-state index in [1.807, 2.05) is 18.2 Å². The van der Waals surface area contributed by atoms with Gasteiger partial charge < -0.3 is 10.2 Å². The summed E-state index contributed by atoms with van der Waals surface area (Å²) in [6.07, 6.45) is 4.91. The number of para-hydroxylation sites is 1. The normalized spacial score (nSPS) is 25.5. The third-order valence-corrected chi connectivity index (χ3v) is 5.71. The minimum Gasteiger partial charge on any atom is -0.368 e. The van der Waals surface area contributed by atoms with Crippen molar-refractivity contribution in [2.45, 2.75) is 38.6 Å². The van der Waals surface area contributed by atoms with Crippen LogP contribution in [-0.4, -0.2) is 49.6 Å². The Morgan fingerprint density at radius 2 is 1.88 bits per heavy atom. The first-order valence-electron chi connectivity index (χ1n) is 9.14. The first-order chi connectivity index (χ1) is 11.6. The zero-order chi connectivity index (χ0) is 16.9. The molecular weight excluding hydrogens is 322 g/mol. The maximum atomic E-state index is 12.3. The van der Waals surface area contributed by atoms with Gasteiger partial charge in [0.05, 0.1) is 17.3 Å². The maximum Gasteiger partial charge on any atom is 0.234 e. The van der Waals surface area contributed by atoms with Gasteiger partial charge >= 0.3 is 0 Å². The Bertz CT molecular complexity index is 557. The zero-order valence-electron chi connectivity index (χ0n) is 14.5. The average molecular weight is 350 g/mol. The van der Waals surface area contributed by atoms with E-state index in [1.165, 1.54) is 19.3 Å². The molecular formula is C19H28ClN3O. The summed E-state index contributed by atoms with van der Waals surface area (Å²) in [6.45, 7) is 6.40. The lowest BCUT2D eigenvalue weighted by Gasteiger charge is -2.36. The number of halogens is 1. The number of rotatable bonds is 4. The highest BCUT2D eigenvalue weighted by Gasteiger charge is 2.25. The molecule has 1 N–H and O–H groups in total. The van der Waals surface area contributed by atoms with E-state index in [4.69, 9.17) is 11.6 Å². The van der Waals surface area contributed by atoms with Crippen LogP contribution in [0.1, 0.15) is 32.6 Å². The smallest absolute Gasteiger partial charge is 0.234 e. The van der Waals surface area contributed by atoms with Crippen LogP contribution in [0, 0.1) is 5.92 Å². The van der Waals surface area contributed by atoms with E-state index in [0.29, 0.717) is 18.5 Å². The van der Waals surface area contributed by atoms with Crippen LogP contribution in [0.2, 0.25) is 5.02 Å². The summed E-state index contributed by atoms with van der Waals surface area (Å²) < 4.78 is 0. The number of carbonyl (C=O) groups is 1. The van der Waals surface area contributed by atoms with Crippen LogP contribution in [0.15, 0.2) is 24.3 Å². The summed E-state index contributed by atoms with van der Waals surface area (Å²) in [5, 5.41) is 4.05. The van der Waals surface area contributed by atoms with Gasteiger partial charge in [-0.1, -0.05) is 43.5 Å². The van der Waals surface area contributed by atoms with Gasteiger partial charge in [0.2, 0.25) is 5.91 Å². The first kappa shape index (κ1) is 17.6. The third-order valence-electron chi connectivity index (χ3n) is 5.39. The third kappa shape index (κ3) is 4.42. The molecule has 4 nitrogen and oxygen atoms in total. The Kier molecular flexibility index (Phi) is 6.01. The molecule has 0 aromatic heterocycles. The van der Waals surface area contributed by atoms with E-state index in [1.54, 1.807) is 0 Å². The largest absolute Gasteiger partial charge is 0.368 e. The number of anilines is 1. The maximum absolute atomic E-state index is 12.3. The second-order valence-corrected chi connectivity index (χ2v) is 7.56. The number of piperazine rings is 1. The van der Waals surface area contributed by atoms with Gasteiger partial charge in [-0.05, 0) is 30.9 Å². The van der Waals surface area contributed by atoms with E-state index < -0.39 is 0 Å². The quantitative estimate of drug-likeness (QED) is 0.907. The highest BCUT2D eigenvalue weighted by atomic mass is 35.5. The number of carbonyl (C=O) groups excluding carboxylic acids is 1. The molecule has 5 heteroatoms. The molecule has 2 aliphatic rings. The molecule has 1 aliphatic heterocycles. The lowest BCUT2D eigenvalue weighted by atomic mass is 9.86. The van der Waals surface area contributed by atoms with E-state index in [2.05, 4.69) is 28.1 Å². The molecule has 1 amide bonds. The molecule has 1 saturated heterocycles. The van der Waals surface area contributed by atoms with E-state index >= 15 is 0 Å². The molecule has 1 saturated carbocycles. The van der Waals surface area contributed by atoms with Crippen molar-refractivity contribution in [2.24, 2.45) is 5.92 Å². The van der Waals surface area contributed by atoms with Gasteiger partial charge in [0, 0.05) is 32.2 Å². The number of hydrogen-bond acceptors (Lipinski definition) is 3. The highest BCUT2D eigenvalue weighted by molar-refractivity contribution is 6.33. The van der Waals surface area contributed by atoms with Crippen molar-refractivity contribution in [1.82, 2.24) is 10.2 Å². The summed E-state index contributed by atoms with van der Waals surface area (Å²) in [5.41, 5.74) is 1.10. The standard InChI is InChI=1S/C19H28ClN3O/c1-15-6-2-4-8-17(15)21-19(24)14-22-10-12-23(13-11-22)18-9-5-3-7-16(18)20/h3,5,7,9,15,17H,2,4,6,8,10-14H2,1H3,(H,21,24)/t15-,17-/m0/s1. The molecule has 24 heavy (non-hydrogen) atoms. The fourth-order valence-corrected chi connectivity index (χ4v) is 4.10.